The molecule has 0 unspecified atom stereocenters. The zero-order valence-corrected chi connectivity index (χ0v) is 28.6. The maximum atomic E-state index is 13.9. The quantitative estimate of drug-likeness (QED) is 0.125. The van der Waals surface area contributed by atoms with E-state index in [4.69, 9.17) is 11.5 Å². The van der Waals surface area contributed by atoms with Gasteiger partial charge in [0.15, 0.2) is 11.6 Å². The highest BCUT2D eigenvalue weighted by atomic mass is 16.2. The van der Waals surface area contributed by atoms with Crippen molar-refractivity contribution in [3.05, 3.63) is 95.6 Å². The first-order valence-corrected chi connectivity index (χ1v) is 17.0. The van der Waals surface area contributed by atoms with Gasteiger partial charge in [0.1, 0.15) is 0 Å². The minimum atomic E-state index is -0.809. The molecule has 4 atom stereocenters. The third-order valence-corrected chi connectivity index (χ3v) is 8.37. The van der Waals surface area contributed by atoms with Crippen LogP contribution in [0.3, 0.4) is 0 Å². The first-order chi connectivity index (χ1) is 23.0. The predicted molar refractivity (Wildman–Crippen MR) is 187 cm³/mol. The van der Waals surface area contributed by atoms with Crippen LogP contribution in [-0.2, 0) is 38.6 Å². The van der Waals surface area contributed by atoms with E-state index < -0.39 is 23.9 Å². The van der Waals surface area contributed by atoms with Crippen LogP contribution in [0.1, 0.15) is 74.9 Å². The standard InChI is InChI=1S/C38H52N6O4/c1-26(2)18-34(36(46)21-30(16-10-11-17-39)37(47)43-25-32-24-41-27(3)23-42-32)44-38(48)31(19-28-12-6-4-7-13-28)22-35(45)33(40)20-29-14-8-5-9-15-29/h4-9,12-15,23-24,26,30-31,33-34H,10-11,16-22,25,39-40H2,1-3H3,(H,43,47)(H,44,48)/t30-,31-,33+,34+/m0/s1. The van der Waals surface area contributed by atoms with Crippen molar-refractivity contribution < 1.29 is 19.2 Å². The van der Waals surface area contributed by atoms with E-state index >= 15 is 0 Å². The molecule has 258 valence electrons. The molecule has 10 nitrogen and oxygen atoms in total. The van der Waals surface area contributed by atoms with Gasteiger partial charge in [0.05, 0.1) is 36.2 Å². The number of nitrogens with two attached hydrogens (primary N) is 2. The Morgan fingerprint density at radius 2 is 1.40 bits per heavy atom. The number of Topliss-reactive ketones (excluding diaryl/α,β-unsaturated/α-hetero) is 2. The minimum absolute atomic E-state index is 0.0299. The smallest absolute Gasteiger partial charge is 0.224 e. The van der Waals surface area contributed by atoms with E-state index in [1.165, 1.54) is 0 Å². The minimum Gasteiger partial charge on any atom is -0.350 e. The van der Waals surface area contributed by atoms with Crippen molar-refractivity contribution in [3.8, 4) is 0 Å². The molecule has 2 amide bonds. The van der Waals surface area contributed by atoms with Gasteiger partial charge < -0.3 is 22.1 Å². The number of unbranched alkanes of at least 4 members (excludes halogenated alkanes) is 1. The fourth-order valence-corrected chi connectivity index (χ4v) is 5.64. The van der Waals surface area contributed by atoms with Crippen LogP contribution in [0.5, 0.6) is 0 Å². The van der Waals surface area contributed by atoms with Gasteiger partial charge in [-0.1, -0.05) is 80.9 Å². The Kier molecular flexibility index (Phi) is 16.0. The summed E-state index contributed by atoms with van der Waals surface area (Å²) in [5.74, 6) is -2.27. The van der Waals surface area contributed by atoms with E-state index in [9.17, 15) is 19.2 Å². The maximum absolute atomic E-state index is 13.9. The zero-order valence-electron chi connectivity index (χ0n) is 28.6. The number of amides is 2. The summed E-state index contributed by atoms with van der Waals surface area (Å²) in [6.45, 7) is 6.48. The van der Waals surface area contributed by atoms with E-state index in [1.54, 1.807) is 12.4 Å². The van der Waals surface area contributed by atoms with Crippen LogP contribution in [0, 0.1) is 24.7 Å². The average Bonchev–Trinajstić information content (AvgIpc) is 3.07. The van der Waals surface area contributed by atoms with E-state index in [0.29, 0.717) is 44.3 Å². The number of aromatic nitrogens is 2. The molecule has 6 N–H and O–H groups in total. The largest absolute Gasteiger partial charge is 0.350 e. The van der Waals surface area contributed by atoms with Gasteiger partial charge in [0.25, 0.3) is 0 Å². The molecule has 0 saturated heterocycles. The molecule has 48 heavy (non-hydrogen) atoms. The molecule has 2 aromatic carbocycles. The lowest BCUT2D eigenvalue weighted by Crippen LogP contribution is -2.47. The molecule has 0 aliphatic rings. The molecule has 10 heteroatoms. The molecule has 0 radical (unpaired) electrons. The summed E-state index contributed by atoms with van der Waals surface area (Å²) < 4.78 is 0. The molecule has 0 aliphatic carbocycles. The molecule has 0 spiro atoms. The molecule has 0 saturated carbocycles. The summed E-state index contributed by atoms with van der Waals surface area (Å²) in [4.78, 5) is 63.0. The van der Waals surface area contributed by atoms with Crippen LogP contribution in [-0.4, -0.2) is 52.0 Å². The molecule has 3 aromatic rings. The Labute approximate surface area is 284 Å². The van der Waals surface area contributed by atoms with E-state index in [1.807, 2.05) is 81.4 Å². The van der Waals surface area contributed by atoms with Crippen molar-refractivity contribution >= 4 is 23.4 Å². The second-order valence-electron chi connectivity index (χ2n) is 13.1. The monoisotopic (exact) mass is 656 g/mol. The summed E-state index contributed by atoms with van der Waals surface area (Å²) in [5, 5.41) is 5.89. The highest BCUT2D eigenvalue weighted by Gasteiger charge is 2.31. The second-order valence-corrected chi connectivity index (χ2v) is 13.1. The average molecular weight is 657 g/mol. The van der Waals surface area contributed by atoms with E-state index in [2.05, 4.69) is 20.6 Å². The molecular weight excluding hydrogens is 604 g/mol. The van der Waals surface area contributed by atoms with Crippen molar-refractivity contribution in [2.24, 2.45) is 29.2 Å². The van der Waals surface area contributed by atoms with Gasteiger partial charge >= 0.3 is 0 Å². The lowest BCUT2D eigenvalue weighted by molar-refractivity contribution is -0.134. The van der Waals surface area contributed by atoms with Crippen molar-refractivity contribution in [1.82, 2.24) is 20.6 Å². The second kappa shape index (κ2) is 20.2. The van der Waals surface area contributed by atoms with Crippen molar-refractivity contribution in [2.75, 3.05) is 6.54 Å². The lowest BCUT2D eigenvalue weighted by Gasteiger charge is -2.25. The number of aryl methyl sites for hydroxylation is 1. The Morgan fingerprint density at radius 3 is 1.98 bits per heavy atom. The molecule has 1 heterocycles. The van der Waals surface area contributed by atoms with Gasteiger partial charge in [-0.2, -0.15) is 0 Å². The number of hydrogen-bond acceptors (Lipinski definition) is 8. The summed E-state index contributed by atoms with van der Waals surface area (Å²) >= 11 is 0. The SMILES string of the molecule is Cc1cnc(CNC(=O)[C@@H](CCCCN)CC(=O)[C@@H](CC(C)C)NC(=O)[C@H](CC(=O)[C@H](N)Cc2ccccc2)Cc2ccccc2)cn1. The van der Waals surface area contributed by atoms with Crippen LogP contribution in [0.4, 0.5) is 0 Å². The molecule has 0 aliphatic heterocycles. The molecule has 1 aromatic heterocycles. The zero-order chi connectivity index (χ0) is 34.9. The van der Waals surface area contributed by atoms with Crippen LogP contribution < -0.4 is 22.1 Å². The van der Waals surface area contributed by atoms with Gasteiger partial charge in [-0.25, -0.2) is 0 Å². The molecule has 3 rings (SSSR count). The number of benzene rings is 2. The van der Waals surface area contributed by atoms with E-state index in [0.717, 1.165) is 23.2 Å². The van der Waals surface area contributed by atoms with E-state index in [-0.39, 0.29) is 48.7 Å². The summed E-state index contributed by atoms with van der Waals surface area (Å²) in [6, 6.07) is 17.5. The third-order valence-electron chi connectivity index (χ3n) is 8.37. The topological polar surface area (TPSA) is 170 Å². The van der Waals surface area contributed by atoms with Crippen molar-refractivity contribution in [2.45, 2.75) is 90.8 Å². The van der Waals surface area contributed by atoms with Crippen LogP contribution in [0.25, 0.3) is 0 Å². The number of hydrogen-bond donors (Lipinski definition) is 4. The highest BCUT2D eigenvalue weighted by Crippen LogP contribution is 2.20. The number of carbonyl (C=O) groups is 4. The highest BCUT2D eigenvalue weighted by molar-refractivity contribution is 5.94. The first kappa shape index (κ1) is 38.2. The Hall–Kier alpha value is -4.28. The fourth-order valence-electron chi connectivity index (χ4n) is 5.64. The predicted octanol–water partition coefficient (Wildman–Crippen LogP) is 4.02. The Bertz CT molecular complexity index is 1430. The van der Waals surface area contributed by atoms with Crippen molar-refractivity contribution in [1.29, 1.82) is 0 Å². The molecule has 0 fully saturated rings. The number of nitrogens with zero attached hydrogens (tertiary/aromatic N) is 2. The Morgan fingerprint density at radius 1 is 0.771 bits per heavy atom. The normalized spacial score (nSPS) is 13.7. The summed E-state index contributed by atoms with van der Waals surface area (Å²) in [7, 11) is 0. The lowest BCUT2D eigenvalue weighted by atomic mass is 9.87. The number of nitrogens with one attached hydrogen (secondary N) is 2. The van der Waals surface area contributed by atoms with Crippen LogP contribution in [0.15, 0.2) is 73.1 Å². The number of rotatable bonds is 21. The van der Waals surface area contributed by atoms with Crippen molar-refractivity contribution in [3.63, 3.8) is 0 Å². The van der Waals surface area contributed by atoms with Gasteiger partial charge in [0, 0.05) is 30.9 Å². The number of ketones is 2. The third kappa shape index (κ3) is 13.4. The maximum Gasteiger partial charge on any atom is 0.224 e. The van der Waals surface area contributed by atoms with Gasteiger partial charge in [-0.3, -0.25) is 29.1 Å². The van der Waals surface area contributed by atoms with Gasteiger partial charge in [0.2, 0.25) is 11.8 Å². The number of carbonyl (C=O) groups excluding carboxylic acids is 4. The summed E-state index contributed by atoms with van der Waals surface area (Å²) in [5.41, 5.74) is 15.3. The van der Waals surface area contributed by atoms with Gasteiger partial charge in [-0.05, 0) is 62.6 Å². The fraction of sp³-hybridized carbons (Fsp3) is 0.474. The molecular formula is C38H52N6O4. The first-order valence-electron chi connectivity index (χ1n) is 17.0. The van der Waals surface area contributed by atoms with Gasteiger partial charge in [-0.15, -0.1) is 0 Å². The summed E-state index contributed by atoms with van der Waals surface area (Å²) in [6.07, 6.45) is 6.18. The molecule has 0 bridgehead atoms. The van der Waals surface area contributed by atoms with Crippen LogP contribution >= 0.6 is 0 Å². The Balaban J connectivity index is 1.74. The van der Waals surface area contributed by atoms with Crippen LogP contribution in [0.2, 0.25) is 0 Å².